The van der Waals surface area contributed by atoms with Gasteiger partial charge in [-0.15, -0.1) is 11.3 Å². The minimum absolute atomic E-state index is 0.840. The Morgan fingerprint density at radius 1 is 1.21 bits per heavy atom. The van der Waals surface area contributed by atoms with Crippen LogP contribution in [-0.2, 0) is 0 Å². The molecule has 0 N–H and O–H groups in total. The first-order valence-electron chi connectivity index (χ1n) is 4.05. The van der Waals surface area contributed by atoms with E-state index in [9.17, 15) is 0 Å². The number of rotatable bonds is 2. The molecule has 1 heterocycles. The van der Waals surface area contributed by atoms with Crippen molar-refractivity contribution < 1.29 is 9.47 Å². The number of ether oxygens (including phenoxy) is 2. The fourth-order valence-corrected chi connectivity index (χ4v) is 3.33. The van der Waals surface area contributed by atoms with Gasteiger partial charge in [-0.05, 0) is 28.7 Å². The van der Waals surface area contributed by atoms with Crippen molar-refractivity contribution in [3.8, 4) is 11.5 Å². The van der Waals surface area contributed by atoms with E-state index in [-0.39, 0.29) is 0 Å². The molecule has 2 rings (SSSR count). The minimum atomic E-state index is 0.840. The molecule has 0 radical (unpaired) electrons. The first-order chi connectivity index (χ1) is 6.76. The maximum atomic E-state index is 5.33. The molecule has 74 valence electrons. The fourth-order valence-electron chi connectivity index (χ4n) is 1.35. The van der Waals surface area contributed by atoms with Gasteiger partial charge in [-0.1, -0.05) is 0 Å². The molecule has 0 aliphatic rings. The summed E-state index contributed by atoms with van der Waals surface area (Å²) >= 11 is 4.02. The van der Waals surface area contributed by atoms with E-state index in [1.807, 2.05) is 12.1 Å². The van der Waals surface area contributed by atoms with Gasteiger partial charge >= 0.3 is 0 Å². The second-order valence-corrected chi connectivity index (χ2v) is 4.86. The quantitative estimate of drug-likeness (QED) is 0.788. The van der Waals surface area contributed by atoms with Crippen LogP contribution in [0.2, 0.25) is 0 Å². The van der Waals surface area contributed by atoms with Crippen LogP contribution in [0.5, 0.6) is 11.5 Å². The molecule has 0 saturated heterocycles. The van der Waals surface area contributed by atoms with E-state index >= 15 is 0 Å². The van der Waals surface area contributed by atoms with Gasteiger partial charge in [-0.25, -0.2) is 0 Å². The highest BCUT2D eigenvalue weighted by Crippen LogP contribution is 2.37. The molecular weight excluding hydrogens is 311 g/mol. The molecule has 0 atom stereocenters. The molecule has 0 bridgehead atoms. The summed E-state index contributed by atoms with van der Waals surface area (Å²) < 4.78 is 13.0. The second-order valence-electron chi connectivity index (χ2n) is 2.79. The molecule has 0 aliphatic carbocycles. The van der Waals surface area contributed by atoms with E-state index in [1.165, 1.54) is 13.7 Å². The van der Waals surface area contributed by atoms with Gasteiger partial charge in [0, 0.05) is 25.1 Å². The van der Waals surface area contributed by atoms with Crippen molar-refractivity contribution in [3.63, 3.8) is 0 Å². The summed E-state index contributed by atoms with van der Waals surface area (Å²) in [5, 5.41) is 3.30. The Kier molecular flexibility index (Phi) is 2.83. The van der Waals surface area contributed by atoms with Gasteiger partial charge in [0.2, 0.25) is 0 Å². The summed E-state index contributed by atoms with van der Waals surface area (Å²) in [6.45, 7) is 0. The summed E-state index contributed by atoms with van der Waals surface area (Å²) in [4.78, 5) is 0. The summed E-state index contributed by atoms with van der Waals surface area (Å²) in [6.07, 6.45) is 0. The van der Waals surface area contributed by atoms with Crippen LogP contribution in [0.25, 0.3) is 10.1 Å². The van der Waals surface area contributed by atoms with Crippen molar-refractivity contribution in [2.24, 2.45) is 0 Å². The van der Waals surface area contributed by atoms with E-state index in [2.05, 4.69) is 28.0 Å². The van der Waals surface area contributed by atoms with Crippen LogP contribution >= 0.6 is 33.9 Å². The van der Waals surface area contributed by atoms with Gasteiger partial charge in [0.15, 0.2) is 0 Å². The zero-order valence-corrected chi connectivity index (χ0v) is 10.8. The lowest BCUT2D eigenvalue weighted by Crippen LogP contribution is -1.87. The number of benzene rings is 1. The van der Waals surface area contributed by atoms with Crippen LogP contribution in [0.1, 0.15) is 0 Å². The van der Waals surface area contributed by atoms with E-state index < -0.39 is 0 Å². The normalized spacial score (nSPS) is 10.5. The number of hydrogen-bond donors (Lipinski definition) is 0. The highest BCUT2D eigenvalue weighted by atomic mass is 127. The Hall–Kier alpha value is -0.490. The van der Waals surface area contributed by atoms with Crippen molar-refractivity contribution >= 4 is 44.0 Å². The lowest BCUT2D eigenvalue weighted by atomic mass is 10.2. The Morgan fingerprint density at radius 3 is 2.64 bits per heavy atom. The summed E-state index contributed by atoms with van der Waals surface area (Å²) in [5.74, 6) is 1.72. The first kappa shape index (κ1) is 10.0. The third kappa shape index (κ3) is 1.56. The monoisotopic (exact) mass is 320 g/mol. The second kappa shape index (κ2) is 3.94. The van der Waals surface area contributed by atoms with Crippen molar-refractivity contribution in [2.75, 3.05) is 14.2 Å². The molecule has 2 aromatic rings. The SMILES string of the molecule is COc1cc(OC)c2c(I)csc2c1. The Balaban J connectivity index is 2.76. The fraction of sp³-hybridized carbons (Fsp3) is 0.200. The van der Waals surface area contributed by atoms with Gasteiger partial charge in [0.25, 0.3) is 0 Å². The summed E-state index contributed by atoms with van der Waals surface area (Å²) in [6, 6.07) is 3.95. The number of fused-ring (bicyclic) bond motifs is 1. The van der Waals surface area contributed by atoms with E-state index in [0.717, 1.165) is 11.5 Å². The van der Waals surface area contributed by atoms with Crippen molar-refractivity contribution in [1.82, 2.24) is 0 Å². The average Bonchev–Trinajstić information content (AvgIpc) is 2.59. The summed E-state index contributed by atoms with van der Waals surface area (Å²) in [5.41, 5.74) is 0. The zero-order chi connectivity index (χ0) is 10.1. The maximum absolute atomic E-state index is 5.33. The molecule has 0 spiro atoms. The Morgan fingerprint density at radius 2 is 2.00 bits per heavy atom. The average molecular weight is 320 g/mol. The first-order valence-corrected chi connectivity index (χ1v) is 6.01. The number of halogens is 1. The van der Waals surface area contributed by atoms with E-state index in [4.69, 9.17) is 9.47 Å². The molecule has 0 unspecified atom stereocenters. The topological polar surface area (TPSA) is 18.5 Å². The maximum Gasteiger partial charge on any atom is 0.132 e. The molecule has 2 nitrogen and oxygen atoms in total. The van der Waals surface area contributed by atoms with Crippen LogP contribution in [0.3, 0.4) is 0 Å². The lowest BCUT2D eigenvalue weighted by molar-refractivity contribution is 0.398. The smallest absolute Gasteiger partial charge is 0.132 e. The highest BCUT2D eigenvalue weighted by Gasteiger charge is 2.09. The van der Waals surface area contributed by atoms with Crippen LogP contribution in [0.4, 0.5) is 0 Å². The predicted octanol–water partition coefficient (Wildman–Crippen LogP) is 3.52. The van der Waals surface area contributed by atoms with Gasteiger partial charge in [0.05, 0.1) is 14.2 Å². The van der Waals surface area contributed by atoms with Crippen molar-refractivity contribution in [2.45, 2.75) is 0 Å². The molecule has 14 heavy (non-hydrogen) atoms. The largest absolute Gasteiger partial charge is 0.497 e. The van der Waals surface area contributed by atoms with Gasteiger partial charge in [-0.3, -0.25) is 0 Å². The molecular formula is C10H9IO2S. The molecule has 0 aliphatic heterocycles. The summed E-state index contributed by atoms with van der Waals surface area (Å²) in [7, 11) is 3.35. The van der Waals surface area contributed by atoms with E-state index in [0.29, 0.717) is 0 Å². The third-order valence-corrected chi connectivity index (χ3v) is 4.23. The van der Waals surface area contributed by atoms with Gasteiger partial charge in [0.1, 0.15) is 11.5 Å². The Labute approximate surface area is 100.0 Å². The van der Waals surface area contributed by atoms with Crippen LogP contribution in [0, 0.1) is 3.57 Å². The molecule has 4 heteroatoms. The van der Waals surface area contributed by atoms with Crippen molar-refractivity contribution in [3.05, 3.63) is 21.1 Å². The van der Waals surface area contributed by atoms with Gasteiger partial charge < -0.3 is 9.47 Å². The van der Waals surface area contributed by atoms with Crippen LogP contribution in [0.15, 0.2) is 17.5 Å². The molecule has 1 aromatic heterocycles. The third-order valence-electron chi connectivity index (χ3n) is 2.02. The predicted molar refractivity (Wildman–Crippen MR) is 67.6 cm³/mol. The van der Waals surface area contributed by atoms with Gasteiger partial charge in [-0.2, -0.15) is 0 Å². The number of hydrogen-bond acceptors (Lipinski definition) is 3. The van der Waals surface area contributed by atoms with E-state index in [1.54, 1.807) is 25.6 Å². The van der Waals surface area contributed by atoms with Crippen LogP contribution < -0.4 is 9.47 Å². The lowest BCUT2D eigenvalue weighted by Gasteiger charge is -2.05. The number of methoxy groups -OCH3 is 2. The molecule has 1 aromatic carbocycles. The number of thiophene rings is 1. The highest BCUT2D eigenvalue weighted by molar-refractivity contribution is 14.1. The molecule has 0 fully saturated rings. The molecule has 0 amide bonds. The van der Waals surface area contributed by atoms with Crippen LogP contribution in [-0.4, -0.2) is 14.2 Å². The standard InChI is InChI=1S/C10H9IO2S/c1-12-6-3-8(13-2)10-7(11)5-14-9(10)4-6/h3-5H,1-2H3. The zero-order valence-electron chi connectivity index (χ0n) is 7.83. The minimum Gasteiger partial charge on any atom is -0.497 e. The molecule has 0 saturated carbocycles. The Bertz CT molecular complexity index is 464. The van der Waals surface area contributed by atoms with Crippen molar-refractivity contribution in [1.29, 1.82) is 0 Å².